The number of carbonyl (C=O) groups is 1. The third-order valence-corrected chi connectivity index (χ3v) is 8.03. The second-order valence-electron chi connectivity index (χ2n) is 9.04. The van der Waals surface area contributed by atoms with Crippen LogP contribution in [0.3, 0.4) is 0 Å². The molecule has 0 N–H and O–H groups in total. The zero-order valence-corrected chi connectivity index (χ0v) is 21.0. The van der Waals surface area contributed by atoms with Crippen molar-refractivity contribution in [1.82, 2.24) is 4.98 Å². The van der Waals surface area contributed by atoms with E-state index in [4.69, 9.17) is 16.7 Å². The highest BCUT2D eigenvalue weighted by Gasteiger charge is 2.60. The average Bonchev–Trinajstić information content (AvgIpc) is 3.10. The van der Waals surface area contributed by atoms with Crippen LogP contribution in [0.15, 0.2) is 76.4 Å². The first-order valence-electron chi connectivity index (χ1n) is 11.3. The molecule has 0 aliphatic carbocycles. The number of nitrogens with zero attached hydrogens (tertiary/aromatic N) is 5. The Bertz CT molecular complexity index is 1300. The highest BCUT2D eigenvalue weighted by Crippen LogP contribution is 2.49. The van der Waals surface area contributed by atoms with Crippen molar-refractivity contribution in [2.45, 2.75) is 19.4 Å². The van der Waals surface area contributed by atoms with E-state index in [2.05, 4.69) is 48.9 Å². The molecule has 2 aromatic carbocycles. The minimum atomic E-state index is -0.763. The largest absolute Gasteiger partial charge is 0.363 e. The number of hydrogen-bond acceptors (Lipinski definition) is 5. The van der Waals surface area contributed by atoms with Crippen LogP contribution in [0, 0.1) is 5.41 Å². The summed E-state index contributed by atoms with van der Waals surface area (Å²) in [4.78, 5) is 23.6. The fraction of sp³-hybridized carbons (Fsp3) is 0.269. The van der Waals surface area contributed by atoms with E-state index in [-0.39, 0.29) is 11.9 Å². The monoisotopic (exact) mass is 535 g/mol. The van der Waals surface area contributed by atoms with E-state index in [1.165, 1.54) is 5.69 Å². The molecule has 8 heteroatoms. The molecule has 1 fully saturated rings. The van der Waals surface area contributed by atoms with Crippen LogP contribution in [0.2, 0.25) is 5.02 Å². The number of amides is 1. The van der Waals surface area contributed by atoms with Gasteiger partial charge in [-0.1, -0.05) is 33.6 Å². The van der Waals surface area contributed by atoms with Gasteiger partial charge in [0.25, 0.3) is 5.91 Å². The summed E-state index contributed by atoms with van der Waals surface area (Å²) in [6.45, 7) is 4.33. The fourth-order valence-electron chi connectivity index (χ4n) is 5.61. The molecule has 6 nitrogen and oxygen atoms in total. The van der Waals surface area contributed by atoms with Gasteiger partial charge in [-0.05, 0) is 73.5 Å². The van der Waals surface area contributed by atoms with E-state index in [0.29, 0.717) is 18.0 Å². The van der Waals surface area contributed by atoms with Crippen LogP contribution in [0.5, 0.6) is 0 Å². The van der Waals surface area contributed by atoms with E-state index in [9.17, 15) is 4.79 Å². The normalized spacial score (nSPS) is 23.7. The Morgan fingerprint density at radius 2 is 1.91 bits per heavy atom. The topological polar surface area (TPSA) is 52.0 Å². The van der Waals surface area contributed by atoms with Crippen molar-refractivity contribution in [3.05, 3.63) is 81.9 Å². The molecular weight excluding hydrogens is 514 g/mol. The van der Waals surface area contributed by atoms with Crippen LogP contribution in [0.1, 0.15) is 12.5 Å². The Labute approximate surface area is 212 Å². The molecule has 3 aliphatic rings. The van der Waals surface area contributed by atoms with Gasteiger partial charge in [0.15, 0.2) is 0 Å². The summed E-state index contributed by atoms with van der Waals surface area (Å²) in [6, 6.07) is 19.6. The van der Waals surface area contributed by atoms with Crippen molar-refractivity contribution < 1.29 is 4.79 Å². The number of pyridine rings is 1. The molecule has 1 aromatic heterocycles. The van der Waals surface area contributed by atoms with Gasteiger partial charge in [0.1, 0.15) is 11.2 Å². The Morgan fingerprint density at radius 3 is 2.68 bits per heavy atom. The van der Waals surface area contributed by atoms with Crippen LogP contribution in [-0.4, -0.2) is 42.3 Å². The van der Waals surface area contributed by atoms with E-state index < -0.39 is 5.41 Å². The third kappa shape index (κ3) is 3.25. The second kappa shape index (κ2) is 8.10. The molecule has 34 heavy (non-hydrogen) atoms. The smallest absolute Gasteiger partial charge is 0.261 e. The molecule has 6 rings (SSSR count). The van der Waals surface area contributed by atoms with E-state index in [0.717, 1.165) is 40.3 Å². The third-order valence-electron chi connectivity index (χ3n) is 7.28. The summed E-state index contributed by atoms with van der Waals surface area (Å²) < 4.78 is 1.02. The number of fused-ring (bicyclic) bond motifs is 4. The number of benzene rings is 2. The zero-order valence-electron chi connectivity index (χ0n) is 18.7. The van der Waals surface area contributed by atoms with E-state index >= 15 is 0 Å². The molecule has 3 aliphatic heterocycles. The highest BCUT2D eigenvalue weighted by molar-refractivity contribution is 9.10. The zero-order chi connectivity index (χ0) is 23.4. The van der Waals surface area contributed by atoms with Crippen LogP contribution < -0.4 is 14.8 Å². The molecule has 0 saturated carbocycles. The maximum atomic E-state index is 14.3. The van der Waals surface area contributed by atoms with Crippen LogP contribution in [0.25, 0.3) is 0 Å². The van der Waals surface area contributed by atoms with Gasteiger partial charge in [-0.2, -0.15) is 10.1 Å². The number of hydrogen-bond donors (Lipinski definition) is 0. The van der Waals surface area contributed by atoms with Gasteiger partial charge < -0.3 is 9.80 Å². The molecule has 1 spiro atoms. The summed E-state index contributed by atoms with van der Waals surface area (Å²) in [5.74, 6) is 0.948. The van der Waals surface area contributed by atoms with Crippen LogP contribution in [0.4, 0.5) is 17.2 Å². The Kier molecular flexibility index (Phi) is 5.15. The summed E-state index contributed by atoms with van der Waals surface area (Å²) in [5.41, 5.74) is 3.18. The minimum Gasteiger partial charge on any atom is -0.363 e. The van der Waals surface area contributed by atoms with Crippen molar-refractivity contribution in [1.29, 1.82) is 0 Å². The van der Waals surface area contributed by atoms with Crippen LogP contribution >= 0.6 is 27.5 Å². The lowest BCUT2D eigenvalue weighted by Crippen LogP contribution is -2.67. The number of carbonyl (C=O) groups excluding carboxylic acids is 1. The first-order valence-corrected chi connectivity index (χ1v) is 12.5. The number of hydrazone groups is 1. The molecule has 2 unspecified atom stereocenters. The number of piperazine rings is 1. The van der Waals surface area contributed by atoms with E-state index in [1.807, 2.05) is 43.5 Å². The molecule has 0 radical (unpaired) electrons. The quantitative estimate of drug-likeness (QED) is 0.454. The second-order valence-corrected chi connectivity index (χ2v) is 10.4. The lowest BCUT2D eigenvalue weighted by molar-refractivity contribution is -0.125. The molecule has 0 bridgehead atoms. The highest BCUT2D eigenvalue weighted by atomic mass is 79.9. The minimum absolute atomic E-state index is 0.0100. The van der Waals surface area contributed by atoms with Crippen LogP contribution in [-0.2, 0) is 11.2 Å². The number of aromatic nitrogens is 1. The molecule has 172 valence electrons. The number of halogens is 2. The van der Waals surface area contributed by atoms with E-state index in [1.54, 1.807) is 17.1 Å². The number of anilines is 3. The summed E-state index contributed by atoms with van der Waals surface area (Å²) in [6.07, 6.45) is 2.43. The lowest BCUT2D eigenvalue weighted by Gasteiger charge is -2.53. The van der Waals surface area contributed by atoms with Crippen molar-refractivity contribution >= 4 is 56.3 Å². The maximum Gasteiger partial charge on any atom is 0.261 e. The van der Waals surface area contributed by atoms with Gasteiger partial charge in [0.2, 0.25) is 0 Å². The molecule has 1 saturated heterocycles. The predicted octanol–water partition coefficient (Wildman–Crippen LogP) is 5.16. The van der Waals surface area contributed by atoms with Crippen molar-refractivity contribution in [2.75, 3.05) is 34.4 Å². The lowest BCUT2D eigenvalue weighted by atomic mass is 9.67. The average molecular weight is 537 g/mol. The van der Waals surface area contributed by atoms with Crippen molar-refractivity contribution in [3.63, 3.8) is 0 Å². The molecular formula is C26H23BrClN5O. The SMILES string of the molecule is CC1=NN(c2ccc(Cl)cc2)C(=O)C12Cc1cc(Br)ccc1N1CCN(c3ccccn3)CC12. The number of rotatable bonds is 2. The fourth-order valence-corrected chi connectivity index (χ4v) is 6.14. The molecule has 2 atom stereocenters. The van der Waals surface area contributed by atoms with Gasteiger partial charge >= 0.3 is 0 Å². The Hall–Kier alpha value is -2.90. The summed E-state index contributed by atoms with van der Waals surface area (Å²) >= 11 is 9.73. The standard InChI is InChI=1S/C26H23BrClN5O/c1-17-26(25(34)33(30-17)21-8-6-20(28)7-9-21)15-18-14-19(27)5-10-22(18)32-13-12-31(16-23(26)32)24-4-2-3-11-29-24/h2-11,14,23H,12-13,15-16H2,1H3. The first-order chi connectivity index (χ1) is 16.5. The first kappa shape index (κ1) is 21.6. The van der Waals surface area contributed by atoms with Gasteiger partial charge in [-0.3, -0.25) is 4.79 Å². The Morgan fingerprint density at radius 1 is 1.09 bits per heavy atom. The summed E-state index contributed by atoms with van der Waals surface area (Å²) in [5, 5.41) is 7.01. The maximum absolute atomic E-state index is 14.3. The van der Waals surface area contributed by atoms with Gasteiger partial charge in [-0.15, -0.1) is 0 Å². The molecule has 3 aromatic rings. The van der Waals surface area contributed by atoms with Crippen molar-refractivity contribution in [2.24, 2.45) is 10.5 Å². The molecule has 1 amide bonds. The molecule has 4 heterocycles. The van der Waals surface area contributed by atoms with Gasteiger partial charge in [-0.25, -0.2) is 4.98 Å². The van der Waals surface area contributed by atoms with Crippen molar-refractivity contribution in [3.8, 4) is 0 Å². The van der Waals surface area contributed by atoms with Gasteiger partial charge in [0.05, 0.1) is 17.4 Å². The Balaban J connectivity index is 1.46. The van der Waals surface area contributed by atoms with Gasteiger partial charge in [0, 0.05) is 41.0 Å². The summed E-state index contributed by atoms with van der Waals surface area (Å²) in [7, 11) is 0. The predicted molar refractivity (Wildman–Crippen MR) is 140 cm³/mol.